The lowest BCUT2D eigenvalue weighted by Gasteiger charge is -2.18. The molecule has 0 aliphatic carbocycles. The fourth-order valence-corrected chi connectivity index (χ4v) is 2.33. The quantitative estimate of drug-likeness (QED) is 0.902. The van der Waals surface area contributed by atoms with Crippen molar-refractivity contribution in [1.82, 2.24) is 5.32 Å². The summed E-state index contributed by atoms with van der Waals surface area (Å²) in [4.78, 5) is 11.8. The number of benzene rings is 1. The molecule has 1 aromatic carbocycles. The van der Waals surface area contributed by atoms with Crippen molar-refractivity contribution >= 4 is 17.5 Å². The van der Waals surface area contributed by atoms with Crippen LogP contribution < -0.4 is 5.32 Å². The van der Waals surface area contributed by atoms with Gasteiger partial charge in [-0.2, -0.15) is 0 Å². The Bertz CT molecular complexity index is 432. The minimum Gasteiger partial charge on any atom is -0.375 e. The van der Waals surface area contributed by atoms with Gasteiger partial charge in [-0.3, -0.25) is 4.79 Å². The van der Waals surface area contributed by atoms with Crippen LogP contribution in [-0.4, -0.2) is 32.3 Å². The summed E-state index contributed by atoms with van der Waals surface area (Å²) in [6, 6.07) is 7.44. The molecule has 0 radical (unpaired) electrons. The highest BCUT2D eigenvalue weighted by Gasteiger charge is 2.24. The van der Waals surface area contributed by atoms with Crippen LogP contribution in [0.25, 0.3) is 0 Å². The molecular formula is C14H18ClNO3. The third-order valence-corrected chi connectivity index (χ3v) is 3.42. The molecule has 1 heterocycles. The van der Waals surface area contributed by atoms with Gasteiger partial charge < -0.3 is 14.8 Å². The molecule has 0 aromatic heterocycles. The minimum atomic E-state index is -0.308. The van der Waals surface area contributed by atoms with Crippen molar-refractivity contribution in [3.8, 4) is 0 Å². The lowest BCUT2D eigenvalue weighted by molar-refractivity contribution is -0.130. The Kier molecular flexibility index (Phi) is 5.19. The van der Waals surface area contributed by atoms with E-state index in [-0.39, 0.29) is 18.1 Å². The van der Waals surface area contributed by atoms with Gasteiger partial charge in [-0.25, -0.2) is 0 Å². The Morgan fingerprint density at radius 3 is 3.11 bits per heavy atom. The van der Waals surface area contributed by atoms with Crippen molar-refractivity contribution in [2.24, 2.45) is 0 Å². The Balaban J connectivity index is 1.90. The van der Waals surface area contributed by atoms with E-state index in [4.69, 9.17) is 21.1 Å². The van der Waals surface area contributed by atoms with Crippen LogP contribution in [0.15, 0.2) is 24.3 Å². The highest BCUT2D eigenvalue weighted by molar-refractivity contribution is 6.30. The molecule has 104 valence electrons. The van der Waals surface area contributed by atoms with Crippen LogP contribution in [0.3, 0.4) is 0 Å². The normalized spacial score (nSPS) is 20.2. The summed E-state index contributed by atoms with van der Waals surface area (Å²) >= 11 is 5.95. The zero-order valence-corrected chi connectivity index (χ0v) is 11.7. The van der Waals surface area contributed by atoms with E-state index >= 15 is 0 Å². The average molecular weight is 284 g/mol. The van der Waals surface area contributed by atoms with E-state index in [0.29, 0.717) is 18.2 Å². The van der Waals surface area contributed by atoms with Crippen molar-refractivity contribution in [2.75, 3.05) is 20.3 Å². The predicted molar refractivity (Wildman–Crippen MR) is 73.2 cm³/mol. The molecule has 0 unspecified atom stereocenters. The molecular weight excluding hydrogens is 266 g/mol. The molecule has 4 nitrogen and oxygen atoms in total. The molecule has 0 saturated carbocycles. The van der Waals surface area contributed by atoms with Crippen LogP contribution in [-0.2, 0) is 14.3 Å². The molecule has 1 fully saturated rings. The van der Waals surface area contributed by atoms with Gasteiger partial charge in [0.05, 0.1) is 6.10 Å². The minimum absolute atomic E-state index is 0.0680. The summed E-state index contributed by atoms with van der Waals surface area (Å²) in [7, 11) is 1.61. The summed E-state index contributed by atoms with van der Waals surface area (Å²) in [6.45, 7) is 1.08. The van der Waals surface area contributed by atoms with Gasteiger partial charge in [-0.15, -0.1) is 0 Å². The number of amides is 1. The number of carbonyl (C=O) groups is 1. The molecule has 1 aromatic rings. The van der Waals surface area contributed by atoms with Crippen LogP contribution in [0.1, 0.15) is 24.5 Å². The number of hydrogen-bond acceptors (Lipinski definition) is 3. The molecule has 1 saturated heterocycles. The van der Waals surface area contributed by atoms with Gasteiger partial charge in [0.15, 0.2) is 0 Å². The maximum atomic E-state index is 11.8. The van der Waals surface area contributed by atoms with Gasteiger partial charge in [-0.05, 0) is 30.5 Å². The lowest BCUT2D eigenvalue weighted by atomic mass is 10.1. The van der Waals surface area contributed by atoms with E-state index in [9.17, 15) is 4.79 Å². The molecule has 1 N–H and O–H groups in total. The van der Waals surface area contributed by atoms with Crippen LogP contribution in [0, 0.1) is 0 Å². The number of methoxy groups -OCH3 is 1. The first-order chi connectivity index (χ1) is 9.20. The SMILES string of the molecule is CO[C@H](CNC(=O)[C@@H]1CCCO1)c1cccc(Cl)c1. The van der Waals surface area contributed by atoms with Crippen molar-refractivity contribution < 1.29 is 14.3 Å². The highest BCUT2D eigenvalue weighted by atomic mass is 35.5. The summed E-state index contributed by atoms with van der Waals surface area (Å²) in [6.07, 6.45) is 1.22. The van der Waals surface area contributed by atoms with Gasteiger partial charge in [0.1, 0.15) is 6.10 Å². The Morgan fingerprint density at radius 2 is 2.47 bits per heavy atom. The standard InChI is InChI=1S/C14H18ClNO3/c1-18-13(10-4-2-5-11(15)8-10)9-16-14(17)12-6-3-7-19-12/h2,4-5,8,12-13H,3,6-7,9H2,1H3,(H,16,17)/t12-,13+/m0/s1. The summed E-state index contributed by atoms with van der Waals surface area (Å²) in [5.41, 5.74) is 0.947. The summed E-state index contributed by atoms with van der Waals surface area (Å²) < 4.78 is 10.7. The molecule has 2 rings (SSSR count). The van der Waals surface area contributed by atoms with Crippen molar-refractivity contribution in [3.63, 3.8) is 0 Å². The molecule has 0 spiro atoms. The van der Waals surface area contributed by atoms with Crippen LogP contribution in [0.5, 0.6) is 0 Å². The molecule has 19 heavy (non-hydrogen) atoms. The van der Waals surface area contributed by atoms with E-state index < -0.39 is 0 Å². The van der Waals surface area contributed by atoms with Crippen molar-refractivity contribution in [1.29, 1.82) is 0 Å². The third kappa shape index (κ3) is 3.93. The zero-order valence-electron chi connectivity index (χ0n) is 10.9. The third-order valence-electron chi connectivity index (χ3n) is 3.19. The first-order valence-electron chi connectivity index (χ1n) is 6.38. The van der Waals surface area contributed by atoms with Crippen molar-refractivity contribution in [3.05, 3.63) is 34.9 Å². The van der Waals surface area contributed by atoms with Crippen LogP contribution in [0.4, 0.5) is 0 Å². The number of ether oxygens (including phenoxy) is 2. The second kappa shape index (κ2) is 6.89. The molecule has 2 atom stereocenters. The first-order valence-corrected chi connectivity index (χ1v) is 6.76. The molecule has 1 amide bonds. The second-order valence-corrected chi connectivity index (χ2v) is 4.96. The monoisotopic (exact) mass is 283 g/mol. The van der Waals surface area contributed by atoms with Gasteiger partial charge >= 0.3 is 0 Å². The number of halogens is 1. The van der Waals surface area contributed by atoms with E-state index in [2.05, 4.69) is 5.32 Å². The number of rotatable bonds is 5. The summed E-state index contributed by atoms with van der Waals surface area (Å²) in [5, 5.41) is 3.52. The Morgan fingerprint density at radius 1 is 1.63 bits per heavy atom. The van der Waals surface area contributed by atoms with Gasteiger partial charge in [-0.1, -0.05) is 23.7 Å². The predicted octanol–water partition coefficient (Wildman–Crippen LogP) is 2.32. The van der Waals surface area contributed by atoms with Gasteiger partial charge in [0, 0.05) is 25.3 Å². The topological polar surface area (TPSA) is 47.6 Å². The summed E-state index contributed by atoms with van der Waals surface area (Å²) in [5.74, 6) is -0.0680. The van der Waals surface area contributed by atoms with Gasteiger partial charge in [0.25, 0.3) is 0 Å². The van der Waals surface area contributed by atoms with Crippen LogP contribution >= 0.6 is 11.6 Å². The highest BCUT2D eigenvalue weighted by Crippen LogP contribution is 2.20. The van der Waals surface area contributed by atoms with Crippen LogP contribution in [0.2, 0.25) is 5.02 Å². The van der Waals surface area contributed by atoms with E-state index in [1.165, 1.54) is 0 Å². The van der Waals surface area contributed by atoms with E-state index in [1.807, 2.05) is 24.3 Å². The average Bonchev–Trinajstić information content (AvgIpc) is 2.93. The first kappa shape index (κ1) is 14.3. The smallest absolute Gasteiger partial charge is 0.249 e. The maximum Gasteiger partial charge on any atom is 0.249 e. The number of nitrogens with one attached hydrogen (secondary N) is 1. The zero-order chi connectivity index (χ0) is 13.7. The fourth-order valence-electron chi connectivity index (χ4n) is 2.14. The fraction of sp³-hybridized carbons (Fsp3) is 0.500. The number of hydrogen-bond donors (Lipinski definition) is 1. The lowest BCUT2D eigenvalue weighted by Crippen LogP contribution is -2.37. The van der Waals surface area contributed by atoms with E-state index in [1.54, 1.807) is 7.11 Å². The molecule has 5 heteroatoms. The molecule has 1 aliphatic heterocycles. The molecule has 0 bridgehead atoms. The maximum absolute atomic E-state index is 11.8. The van der Waals surface area contributed by atoms with Crippen molar-refractivity contribution in [2.45, 2.75) is 25.0 Å². The molecule has 1 aliphatic rings. The van der Waals surface area contributed by atoms with Gasteiger partial charge in [0.2, 0.25) is 5.91 Å². The largest absolute Gasteiger partial charge is 0.375 e. The Labute approximate surface area is 118 Å². The Hall–Kier alpha value is -1.10. The van der Waals surface area contributed by atoms with E-state index in [0.717, 1.165) is 18.4 Å². The second-order valence-electron chi connectivity index (χ2n) is 4.53. The number of carbonyl (C=O) groups excluding carboxylic acids is 1.